The number of nitriles is 1. The molecule has 0 saturated heterocycles. The third kappa shape index (κ3) is 2.79. The number of hydrogen-bond acceptors (Lipinski definition) is 4. The largest absolute Gasteiger partial charge is 0.493 e. The maximum atomic E-state index is 8.81. The van der Waals surface area contributed by atoms with Gasteiger partial charge < -0.3 is 9.47 Å². The predicted molar refractivity (Wildman–Crippen MR) is 69.7 cm³/mol. The average molecular weight is 305 g/mol. The lowest BCUT2D eigenvalue weighted by Crippen LogP contribution is -1.92. The summed E-state index contributed by atoms with van der Waals surface area (Å²) in [5.74, 6) is 1.46. The van der Waals surface area contributed by atoms with Crippen LogP contribution >= 0.6 is 15.9 Å². The Morgan fingerprint density at radius 3 is 2.72 bits per heavy atom. The third-order valence-electron chi connectivity index (χ3n) is 2.20. The molecule has 0 saturated carbocycles. The van der Waals surface area contributed by atoms with Crippen molar-refractivity contribution < 1.29 is 9.47 Å². The highest BCUT2D eigenvalue weighted by Crippen LogP contribution is 2.31. The molecule has 1 aromatic heterocycles. The van der Waals surface area contributed by atoms with E-state index in [1.165, 1.54) is 7.11 Å². The molecule has 0 radical (unpaired) electrons. The summed E-state index contributed by atoms with van der Waals surface area (Å²) in [6.07, 6.45) is 0. The molecule has 0 bridgehead atoms. The standard InChI is InChI=1S/C13H9BrN2O2/c1-17-11-7-9(8-15)5-6-10(11)18-13-4-2-3-12(14)16-13/h2-7H,1H3. The molecule has 0 aliphatic heterocycles. The fraction of sp³-hybridized carbons (Fsp3) is 0.0769. The van der Waals surface area contributed by atoms with E-state index < -0.39 is 0 Å². The van der Waals surface area contributed by atoms with Crippen molar-refractivity contribution in [2.24, 2.45) is 0 Å². The highest BCUT2D eigenvalue weighted by atomic mass is 79.9. The van der Waals surface area contributed by atoms with E-state index in [-0.39, 0.29) is 0 Å². The molecule has 0 amide bonds. The van der Waals surface area contributed by atoms with Crippen LogP contribution in [-0.2, 0) is 0 Å². The Bertz CT molecular complexity index is 608. The number of nitrogens with zero attached hydrogens (tertiary/aromatic N) is 2. The molecule has 0 atom stereocenters. The Kier molecular flexibility index (Phi) is 3.80. The first-order valence-corrected chi connectivity index (χ1v) is 5.91. The molecule has 0 fully saturated rings. The van der Waals surface area contributed by atoms with Crippen molar-refractivity contribution in [2.75, 3.05) is 7.11 Å². The van der Waals surface area contributed by atoms with Crippen LogP contribution in [0.5, 0.6) is 17.4 Å². The summed E-state index contributed by atoms with van der Waals surface area (Å²) in [5.41, 5.74) is 0.515. The van der Waals surface area contributed by atoms with Gasteiger partial charge >= 0.3 is 0 Å². The Morgan fingerprint density at radius 1 is 1.22 bits per heavy atom. The molecule has 4 nitrogen and oxygen atoms in total. The van der Waals surface area contributed by atoms with Gasteiger partial charge in [-0.05, 0) is 34.1 Å². The highest BCUT2D eigenvalue weighted by Gasteiger charge is 2.07. The number of benzene rings is 1. The molecule has 0 N–H and O–H groups in total. The first-order chi connectivity index (χ1) is 8.72. The van der Waals surface area contributed by atoms with Crippen molar-refractivity contribution in [3.8, 4) is 23.4 Å². The molecule has 0 spiro atoms. The zero-order chi connectivity index (χ0) is 13.0. The summed E-state index contributed by atoms with van der Waals surface area (Å²) in [7, 11) is 1.53. The topological polar surface area (TPSA) is 55.1 Å². The molecule has 0 aliphatic rings. The monoisotopic (exact) mass is 304 g/mol. The molecule has 0 unspecified atom stereocenters. The van der Waals surface area contributed by atoms with Crippen molar-refractivity contribution in [1.29, 1.82) is 5.26 Å². The van der Waals surface area contributed by atoms with E-state index in [4.69, 9.17) is 14.7 Å². The van der Waals surface area contributed by atoms with Crippen molar-refractivity contribution >= 4 is 15.9 Å². The molecule has 2 aromatic rings. The van der Waals surface area contributed by atoms with Crippen LogP contribution in [0.3, 0.4) is 0 Å². The normalized spacial score (nSPS) is 9.61. The number of ether oxygens (including phenoxy) is 2. The fourth-order valence-corrected chi connectivity index (χ4v) is 1.71. The van der Waals surface area contributed by atoms with Gasteiger partial charge in [-0.15, -0.1) is 0 Å². The van der Waals surface area contributed by atoms with E-state index in [0.717, 1.165) is 0 Å². The lowest BCUT2D eigenvalue weighted by atomic mass is 10.2. The van der Waals surface area contributed by atoms with Crippen LogP contribution in [0.1, 0.15) is 5.56 Å². The molecule has 1 aromatic carbocycles. The van der Waals surface area contributed by atoms with E-state index >= 15 is 0 Å². The van der Waals surface area contributed by atoms with Crippen LogP contribution in [0, 0.1) is 11.3 Å². The first kappa shape index (κ1) is 12.4. The molecule has 1 heterocycles. The first-order valence-electron chi connectivity index (χ1n) is 5.11. The Hall–Kier alpha value is -2.06. The van der Waals surface area contributed by atoms with Crippen molar-refractivity contribution in [1.82, 2.24) is 4.98 Å². The highest BCUT2D eigenvalue weighted by molar-refractivity contribution is 9.10. The smallest absolute Gasteiger partial charge is 0.220 e. The SMILES string of the molecule is COc1cc(C#N)ccc1Oc1cccc(Br)n1. The molecular formula is C13H9BrN2O2. The van der Waals surface area contributed by atoms with Crippen LogP contribution in [0.25, 0.3) is 0 Å². The lowest BCUT2D eigenvalue weighted by Gasteiger charge is -2.09. The van der Waals surface area contributed by atoms with Gasteiger partial charge in [-0.1, -0.05) is 6.07 Å². The van der Waals surface area contributed by atoms with Gasteiger partial charge in [0.1, 0.15) is 4.60 Å². The minimum absolute atomic E-state index is 0.451. The Labute approximate surface area is 113 Å². The average Bonchev–Trinajstić information content (AvgIpc) is 2.39. The zero-order valence-corrected chi connectivity index (χ0v) is 11.1. The van der Waals surface area contributed by atoms with Gasteiger partial charge in [0, 0.05) is 12.1 Å². The van der Waals surface area contributed by atoms with Gasteiger partial charge in [-0.25, -0.2) is 4.98 Å². The van der Waals surface area contributed by atoms with Crippen LogP contribution < -0.4 is 9.47 Å². The second-order valence-electron chi connectivity index (χ2n) is 3.38. The van der Waals surface area contributed by atoms with Gasteiger partial charge in [-0.2, -0.15) is 5.26 Å². The van der Waals surface area contributed by atoms with Crippen LogP contribution in [0.2, 0.25) is 0 Å². The maximum absolute atomic E-state index is 8.81. The zero-order valence-electron chi connectivity index (χ0n) is 9.55. The number of hydrogen-bond donors (Lipinski definition) is 0. The molecule has 18 heavy (non-hydrogen) atoms. The van der Waals surface area contributed by atoms with E-state index in [1.807, 2.05) is 18.2 Å². The summed E-state index contributed by atoms with van der Waals surface area (Å²) in [6, 6.07) is 12.4. The number of rotatable bonds is 3. The number of halogens is 1. The summed E-state index contributed by atoms with van der Waals surface area (Å²) in [5, 5.41) is 8.81. The van der Waals surface area contributed by atoms with Gasteiger partial charge in [0.15, 0.2) is 11.5 Å². The third-order valence-corrected chi connectivity index (χ3v) is 2.64. The summed E-state index contributed by atoms with van der Waals surface area (Å²) in [6.45, 7) is 0. The van der Waals surface area contributed by atoms with Gasteiger partial charge in [0.2, 0.25) is 5.88 Å². The molecule has 5 heteroatoms. The van der Waals surface area contributed by atoms with E-state index in [1.54, 1.807) is 24.3 Å². The van der Waals surface area contributed by atoms with Gasteiger partial charge in [0.25, 0.3) is 0 Å². The van der Waals surface area contributed by atoms with Crippen molar-refractivity contribution in [2.45, 2.75) is 0 Å². The van der Waals surface area contributed by atoms with E-state index in [0.29, 0.717) is 27.5 Å². The maximum Gasteiger partial charge on any atom is 0.220 e. The van der Waals surface area contributed by atoms with E-state index in [2.05, 4.69) is 20.9 Å². The second kappa shape index (κ2) is 5.52. The Morgan fingerprint density at radius 2 is 2.06 bits per heavy atom. The number of pyridine rings is 1. The number of aromatic nitrogens is 1. The second-order valence-corrected chi connectivity index (χ2v) is 4.19. The summed E-state index contributed by atoms with van der Waals surface area (Å²) >= 11 is 3.27. The lowest BCUT2D eigenvalue weighted by molar-refractivity contribution is 0.374. The molecule has 90 valence electrons. The number of methoxy groups -OCH3 is 1. The molecule has 0 aliphatic carbocycles. The van der Waals surface area contributed by atoms with Crippen molar-refractivity contribution in [3.63, 3.8) is 0 Å². The molecular weight excluding hydrogens is 296 g/mol. The van der Waals surface area contributed by atoms with Crippen LogP contribution in [-0.4, -0.2) is 12.1 Å². The minimum atomic E-state index is 0.451. The summed E-state index contributed by atoms with van der Waals surface area (Å²) in [4.78, 5) is 4.16. The van der Waals surface area contributed by atoms with Crippen LogP contribution in [0.15, 0.2) is 41.0 Å². The molecule has 2 rings (SSSR count). The van der Waals surface area contributed by atoms with E-state index in [9.17, 15) is 0 Å². The summed E-state index contributed by atoms with van der Waals surface area (Å²) < 4.78 is 11.5. The van der Waals surface area contributed by atoms with Crippen molar-refractivity contribution in [3.05, 3.63) is 46.6 Å². The van der Waals surface area contributed by atoms with Gasteiger partial charge in [0.05, 0.1) is 18.7 Å². The predicted octanol–water partition coefficient (Wildman–Crippen LogP) is 3.52. The fourth-order valence-electron chi connectivity index (χ4n) is 1.38. The Balaban J connectivity index is 2.32. The van der Waals surface area contributed by atoms with Crippen LogP contribution in [0.4, 0.5) is 0 Å². The van der Waals surface area contributed by atoms with Gasteiger partial charge in [-0.3, -0.25) is 0 Å². The minimum Gasteiger partial charge on any atom is -0.493 e. The quantitative estimate of drug-likeness (QED) is 0.814.